The number of methoxy groups -OCH3 is 1. The minimum Gasteiger partial charge on any atom is -0.384 e. The van der Waals surface area contributed by atoms with E-state index in [0.717, 1.165) is 10.5 Å². The average molecular weight is 628 g/mol. The summed E-state index contributed by atoms with van der Waals surface area (Å²) in [7, 11) is -2.36. The molecule has 1 aliphatic heterocycles. The van der Waals surface area contributed by atoms with Crippen LogP contribution >= 0.6 is 0 Å². The summed E-state index contributed by atoms with van der Waals surface area (Å²) in [5.74, 6) is -0.458. The minimum atomic E-state index is -3.78. The van der Waals surface area contributed by atoms with Crippen LogP contribution in [0.1, 0.15) is 26.5 Å². The molecule has 0 saturated carbocycles. The Labute approximate surface area is 255 Å². The highest BCUT2D eigenvalue weighted by Gasteiger charge is 2.22. The molecule has 0 radical (unpaired) electrons. The van der Waals surface area contributed by atoms with Crippen LogP contribution in [0.2, 0.25) is 0 Å². The van der Waals surface area contributed by atoms with Crippen molar-refractivity contribution in [3.05, 3.63) is 64.9 Å². The zero-order chi connectivity index (χ0) is 31.4. The molecule has 3 aromatic heterocycles. The van der Waals surface area contributed by atoms with Crippen LogP contribution in [0.25, 0.3) is 11.0 Å². The normalized spacial score (nSPS) is 15.6. The predicted molar refractivity (Wildman–Crippen MR) is 169 cm³/mol. The second kappa shape index (κ2) is 13.3. The first-order valence-electron chi connectivity index (χ1n) is 14.6. The molecule has 0 amide bonds. The van der Waals surface area contributed by atoms with E-state index in [4.69, 9.17) is 4.74 Å². The van der Waals surface area contributed by atoms with Crippen LogP contribution in [0.5, 0.6) is 0 Å². The maximum absolute atomic E-state index is 15.2. The third-order valence-corrected chi connectivity index (χ3v) is 9.28. The summed E-state index contributed by atoms with van der Waals surface area (Å²) in [5, 5.41) is 6.99. The lowest BCUT2D eigenvalue weighted by Gasteiger charge is -2.33. The number of nitrogens with one attached hydrogen (secondary N) is 2. The third kappa shape index (κ3) is 6.54. The van der Waals surface area contributed by atoms with Crippen molar-refractivity contribution in [1.82, 2.24) is 28.8 Å². The Morgan fingerprint density at radius 2 is 2.00 bits per heavy atom. The zero-order valence-electron chi connectivity index (χ0n) is 25.3. The fraction of sp³-hybridized carbons (Fsp3) is 0.448. The minimum absolute atomic E-state index is 0.0124. The van der Waals surface area contributed by atoms with E-state index >= 15 is 4.39 Å². The van der Waals surface area contributed by atoms with E-state index in [0.29, 0.717) is 48.6 Å². The van der Waals surface area contributed by atoms with Gasteiger partial charge in [-0.25, -0.2) is 26.7 Å². The number of halogens is 1. The molecule has 5 rings (SSSR count). The van der Waals surface area contributed by atoms with Crippen molar-refractivity contribution in [3.63, 3.8) is 0 Å². The zero-order valence-corrected chi connectivity index (χ0v) is 26.1. The Hall–Kier alpha value is -4.08. The standard InChI is InChI=1S/C29H38FN9O4S/c1-5-36(6-2)26-13-21-15-33-29(34-22-7-8-25(24(30)14-22)37-10-9-32-20(3)17-37)35-27(21)38(28(26)40)18-23-16-31-19-39(23)44(41,42)12-11-43-4/h7-8,13-16,19-20,32H,5-6,9-12,17-18H2,1-4H3,(H,33,34,35). The highest BCUT2D eigenvalue weighted by Crippen LogP contribution is 2.26. The van der Waals surface area contributed by atoms with Crippen molar-refractivity contribution in [2.45, 2.75) is 33.4 Å². The Balaban J connectivity index is 1.53. The smallest absolute Gasteiger partial charge is 0.276 e. The Bertz CT molecular complexity index is 1790. The number of fused-ring (bicyclic) bond motifs is 1. The first-order valence-corrected chi connectivity index (χ1v) is 16.2. The summed E-state index contributed by atoms with van der Waals surface area (Å²) in [4.78, 5) is 31.0. The van der Waals surface area contributed by atoms with E-state index in [1.165, 1.54) is 30.3 Å². The van der Waals surface area contributed by atoms with Gasteiger partial charge in [0, 0.05) is 63.1 Å². The summed E-state index contributed by atoms with van der Waals surface area (Å²) in [6, 6.07) is 6.89. The van der Waals surface area contributed by atoms with Crippen LogP contribution in [0.15, 0.2) is 47.8 Å². The van der Waals surface area contributed by atoms with E-state index in [1.807, 2.05) is 23.6 Å². The fourth-order valence-electron chi connectivity index (χ4n) is 5.38. The summed E-state index contributed by atoms with van der Waals surface area (Å²) in [6.45, 7) is 9.25. The van der Waals surface area contributed by atoms with E-state index in [2.05, 4.69) is 32.5 Å². The largest absolute Gasteiger partial charge is 0.384 e. The number of aromatic nitrogens is 5. The van der Waals surface area contributed by atoms with Crippen LogP contribution in [0.4, 0.5) is 27.4 Å². The van der Waals surface area contributed by atoms with Gasteiger partial charge in [-0.2, -0.15) is 4.98 Å². The van der Waals surface area contributed by atoms with Gasteiger partial charge < -0.3 is 25.2 Å². The van der Waals surface area contributed by atoms with Crippen molar-refractivity contribution < 1.29 is 17.5 Å². The second-order valence-corrected chi connectivity index (χ2v) is 12.6. The summed E-state index contributed by atoms with van der Waals surface area (Å²) in [5.41, 5.74) is 1.66. The van der Waals surface area contributed by atoms with Gasteiger partial charge in [0.1, 0.15) is 23.5 Å². The first-order chi connectivity index (χ1) is 21.1. The molecule has 4 aromatic rings. The third-order valence-electron chi connectivity index (χ3n) is 7.67. The van der Waals surface area contributed by atoms with Gasteiger partial charge in [0.25, 0.3) is 5.56 Å². The van der Waals surface area contributed by atoms with Gasteiger partial charge in [0.05, 0.1) is 36.5 Å². The molecule has 13 nitrogen and oxygen atoms in total. The van der Waals surface area contributed by atoms with Crippen LogP contribution in [0, 0.1) is 5.82 Å². The predicted octanol–water partition coefficient (Wildman–Crippen LogP) is 2.39. The Morgan fingerprint density at radius 1 is 1.20 bits per heavy atom. The van der Waals surface area contributed by atoms with Gasteiger partial charge in [-0.05, 0) is 45.0 Å². The maximum atomic E-state index is 15.2. The van der Waals surface area contributed by atoms with Crippen LogP contribution in [-0.2, 0) is 21.3 Å². The summed E-state index contributed by atoms with van der Waals surface area (Å²) in [6.07, 6.45) is 4.21. The highest BCUT2D eigenvalue weighted by molar-refractivity contribution is 7.89. The van der Waals surface area contributed by atoms with Gasteiger partial charge in [-0.1, -0.05) is 0 Å². The molecule has 1 fully saturated rings. The van der Waals surface area contributed by atoms with Gasteiger partial charge in [0.2, 0.25) is 16.0 Å². The number of nitrogens with zero attached hydrogens (tertiary/aromatic N) is 7. The average Bonchev–Trinajstić information content (AvgIpc) is 3.48. The molecular weight excluding hydrogens is 589 g/mol. The van der Waals surface area contributed by atoms with Crippen LogP contribution in [-0.4, -0.2) is 90.1 Å². The van der Waals surface area contributed by atoms with E-state index in [9.17, 15) is 13.2 Å². The van der Waals surface area contributed by atoms with Gasteiger partial charge in [0.15, 0.2) is 0 Å². The molecule has 15 heteroatoms. The van der Waals surface area contributed by atoms with Gasteiger partial charge in [-0.3, -0.25) is 9.36 Å². The molecule has 1 saturated heterocycles. The molecule has 2 N–H and O–H groups in total. The topological polar surface area (TPSA) is 140 Å². The number of anilines is 4. The molecule has 236 valence electrons. The Morgan fingerprint density at radius 3 is 2.70 bits per heavy atom. The lowest BCUT2D eigenvalue weighted by atomic mass is 10.2. The van der Waals surface area contributed by atoms with Gasteiger partial charge in [-0.15, -0.1) is 0 Å². The monoisotopic (exact) mass is 627 g/mol. The lowest BCUT2D eigenvalue weighted by Crippen LogP contribution is -2.49. The van der Waals surface area contributed by atoms with E-state index in [-0.39, 0.29) is 53.6 Å². The molecule has 1 aromatic carbocycles. The number of piperazine rings is 1. The molecule has 1 aliphatic rings. The van der Waals surface area contributed by atoms with Crippen molar-refractivity contribution >= 4 is 44.1 Å². The molecule has 44 heavy (non-hydrogen) atoms. The SMILES string of the molecule is CCN(CC)c1cc2cnc(Nc3ccc(N4CCNC(C)C4)c(F)c3)nc2n(Cc2cncn2S(=O)(=O)CCOC)c1=O. The van der Waals surface area contributed by atoms with Crippen LogP contribution < -0.4 is 26.0 Å². The van der Waals surface area contributed by atoms with E-state index < -0.39 is 10.0 Å². The van der Waals surface area contributed by atoms with Crippen molar-refractivity contribution in [2.24, 2.45) is 0 Å². The fourth-order valence-corrected chi connectivity index (χ4v) is 6.62. The first kappa shape index (κ1) is 31.3. The van der Waals surface area contributed by atoms with Gasteiger partial charge >= 0.3 is 0 Å². The summed E-state index contributed by atoms with van der Waals surface area (Å²) >= 11 is 0. The molecule has 0 aliphatic carbocycles. The molecule has 0 spiro atoms. The maximum Gasteiger partial charge on any atom is 0.276 e. The quantitative estimate of drug-likeness (QED) is 0.239. The molecular formula is C29H38FN9O4S. The highest BCUT2D eigenvalue weighted by atomic mass is 32.2. The van der Waals surface area contributed by atoms with Crippen molar-refractivity contribution in [1.29, 1.82) is 0 Å². The number of benzene rings is 1. The molecule has 4 heterocycles. The lowest BCUT2D eigenvalue weighted by molar-refractivity contribution is 0.217. The molecule has 1 unspecified atom stereocenters. The number of hydrogen-bond acceptors (Lipinski definition) is 11. The molecule has 0 bridgehead atoms. The van der Waals surface area contributed by atoms with Crippen molar-refractivity contribution in [2.75, 3.05) is 67.3 Å². The number of ether oxygens (including phenoxy) is 1. The molecule has 1 atom stereocenters. The number of hydrogen-bond donors (Lipinski definition) is 2. The number of imidazole rings is 1. The number of rotatable bonds is 12. The van der Waals surface area contributed by atoms with E-state index in [1.54, 1.807) is 24.4 Å². The van der Waals surface area contributed by atoms with Crippen molar-refractivity contribution in [3.8, 4) is 0 Å². The summed E-state index contributed by atoms with van der Waals surface area (Å²) < 4.78 is 48.6. The van der Waals surface area contributed by atoms with Crippen LogP contribution in [0.3, 0.4) is 0 Å². The number of pyridine rings is 1. The Kier molecular flexibility index (Phi) is 9.46. The second-order valence-electron chi connectivity index (χ2n) is 10.6.